The van der Waals surface area contributed by atoms with Crippen molar-refractivity contribution in [2.24, 2.45) is 0 Å². The predicted molar refractivity (Wildman–Crippen MR) is 164 cm³/mol. The Morgan fingerprint density at radius 2 is 1.59 bits per heavy atom. The molecule has 232 valence electrons. The molecule has 1 aliphatic heterocycles. The van der Waals surface area contributed by atoms with Crippen LogP contribution in [0, 0.1) is 0 Å². The van der Waals surface area contributed by atoms with Gasteiger partial charge >= 0.3 is 12.3 Å². The summed E-state index contributed by atoms with van der Waals surface area (Å²) in [6, 6.07) is 21.3. The molecule has 0 unspecified atom stereocenters. The van der Waals surface area contributed by atoms with Gasteiger partial charge < -0.3 is 14.2 Å². The van der Waals surface area contributed by atoms with Gasteiger partial charge in [0.25, 0.3) is 0 Å². The molecule has 1 atom stereocenters. The highest BCUT2D eigenvalue weighted by atomic mass is 32.1. The summed E-state index contributed by atoms with van der Waals surface area (Å²) >= 11 is 1.25. The van der Waals surface area contributed by atoms with E-state index >= 15 is 0 Å². The fourth-order valence-corrected chi connectivity index (χ4v) is 6.17. The second-order valence-electron chi connectivity index (χ2n) is 12.4. The van der Waals surface area contributed by atoms with E-state index in [0.29, 0.717) is 10.7 Å². The van der Waals surface area contributed by atoms with Crippen LogP contribution in [0.25, 0.3) is 22.4 Å². The Bertz CT molecular complexity index is 1630. The quantitative estimate of drug-likeness (QED) is 0.214. The lowest BCUT2D eigenvalue weighted by Gasteiger charge is -2.39. The number of alkyl halides is 3. The summed E-state index contributed by atoms with van der Waals surface area (Å²) in [7, 11) is 0. The zero-order valence-corrected chi connectivity index (χ0v) is 26.3. The summed E-state index contributed by atoms with van der Waals surface area (Å²) in [6.45, 7) is 10.8. The zero-order valence-electron chi connectivity index (χ0n) is 25.5. The van der Waals surface area contributed by atoms with Crippen LogP contribution in [0.5, 0.6) is 5.75 Å². The molecule has 1 aromatic heterocycles. The minimum atomic E-state index is -4.65. The van der Waals surface area contributed by atoms with Crippen LogP contribution in [0.15, 0.2) is 78.2 Å². The number of nitrogens with zero attached hydrogens (tertiary/aromatic N) is 2. The van der Waals surface area contributed by atoms with Gasteiger partial charge in [-0.05, 0) is 76.4 Å². The molecule has 1 saturated heterocycles. The van der Waals surface area contributed by atoms with Crippen LogP contribution in [0.3, 0.4) is 0 Å². The number of hydrogen-bond acceptors (Lipinski definition) is 6. The Morgan fingerprint density at radius 3 is 2.23 bits per heavy atom. The highest BCUT2D eigenvalue weighted by Crippen LogP contribution is 2.45. The molecule has 6 nitrogen and oxygen atoms in total. The van der Waals surface area contributed by atoms with Gasteiger partial charge in [0, 0.05) is 10.9 Å². The molecule has 2 heterocycles. The zero-order chi connectivity index (χ0) is 31.9. The second kappa shape index (κ2) is 11.6. The smallest absolute Gasteiger partial charge is 0.419 e. The maximum Gasteiger partial charge on any atom is 0.419 e. The first kappa shape index (κ1) is 31.5. The highest BCUT2D eigenvalue weighted by molar-refractivity contribution is 7.10. The molecule has 10 heteroatoms. The number of amides is 1. The van der Waals surface area contributed by atoms with Gasteiger partial charge in [0.2, 0.25) is 0 Å². The Kier molecular flexibility index (Phi) is 8.28. The van der Waals surface area contributed by atoms with E-state index in [1.807, 2.05) is 61.5 Å². The topological polar surface area (TPSA) is 60.9 Å². The summed E-state index contributed by atoms with van der Waals surface area (Å²) in [4.78, 5) is 19.4. The van der Waals surface area contributed by atoms with E-state index in [2.05, 4.69) is 4.98 Å². The molecule has 0 spiro atoms. The molecule has 0 saturated carbocycles. The molecular weight excluding hydrogens is 589 g/mol. The van der Waals surface area contributed by atoms with Crippen LogP contribution < -0.4 is 4.74 Å². The number of rotatable bonds is 6. The molecule has 0 aliphatic carbocycles. The molecule has 1 amide bonds. The van der Waals surface area contributed by atoms with Crippen LogP contribution in [0.4, 0.5) is 18.0 Å². The van der Waals surface area contributed by atoms with E-state index in [1.165, 1.54) is 22.3 Å². The maximum atomic E-state index is 14.2. The number of halogens is 3. The first-order valence-corrected chi connectivity index (χ1v) is 15.1. The Morgan fingerprint density at radius 1 is 0.955 bits per heavy atom. The summed E-state index contributed by atoms with van der Waals surface area (Å²) in [6.07, 6.45) is -5.21. The van der Waals surface area contributed by atoms with E-state index in [-0.39, 0.29) is 24.5 Å². The van der Waals surface area contributed by atoms with Crippen molar-refractivity contribution < 1.29 is 32.2 Å². The summed E-state index contributed by atoms with van der Waals surface area (Å²) in [5, 5.41) is 2.21. The van der Waals surface area contributed by atoms with Gasteiger partial charge in [0.15, 0.2) is 0 Å². The average molecular weight is 625 g/mol. The van der Waals surface area contributed by atoms with Crippen molar-refractivity contribution in [1.29, 1.82) is 0 Å². The molecule has 44 heavy (non-hydrogen) atoms. The molecular formula is C34H35F3N2O4S. The van der Waals surface area contributed by atoms with Gasteiger partial charge in [0.1, 0.15) is 34.2 Å². The minimum Gasteiger partial charge on any atom is -0.488 e. The van der Waals surface area contributed by atoms with Crippen molar-refractivity contribution in [3.05, 3.63) is 94.3 Å². The second-order valence-corrected chi connectivity index (χ2v) is 13.3. The van der Waals surface area contributed by atoms with Crippen LogP contribution in [0.2, 0.25) is 0 Å². The fraction of sp³-hybridized carbons (Fsp3) is 0.353. The lowest BCUT2D eigenvalue weighted by atomic mass is 10.0. The normalized spacial score (nSPS) is 18.3. The monoisotopic (exact) mass is 624 g/mol. The molecule has 5 rings (SSSR count). The molecule has 1 fully saturated rings. The standard InChI is InChI=1S/C34H35F3N2O4S/c1-31(2,3)43-30(40)39-32(4,5)42-21-33(39,6)29-38-27(20-44-29)25-16-17-28(26(18-25)34(35,36)37)41-19-22-12-14-24(15-13-22)23-10-8-7-9-11-23/h7-18,20H,19,21H2,1-6H3/t33-/m0/s1. The number of carbonyl (C=O) groups excluding carboxylic acids is 1. The van der Waals surface area contributed by atoms with Crippen molar-refractivity contribution in [2.45, 2.75) is 71.2 Å². The third kappa shape index (κ3) is 6.61. The molecule has 4 aromatic rings. The highest BCUT2D eigenvalue weighted by Gasteiger charge is 2.55. The van der Waals surface area contributed by atoms with Crippen LogP contribution >= 0.6 is 11.3 Å². The number of hydrogen-bond donors (Lipinski definition) is 0. The van der Waals surface area contributed by atoms with E-state index in [1.54, 1.807) is 46.1 Å². The van der Waals surface area contributed by atoms with Gasteiger partial charge in [0.05, 0.1) is 17.9 Å². The molecule has 0 N–H and O–H groups in total. The molecule has 1 aliphatic rings. The van der Waals surface area contributed by atoms with E-state index < -0.39 is 34.7 Å². The number of aromatic nitrogens is 1. The molecule has 0 bridgehead atoms. The van der Waals surface area contributed by atoms with Gasteiger partial charge in [-0.1, -0.05) is 54.6 Å². The number of benzene rings is 3. The van der Waals surface area contributed by atoms with Gasteiger partial charge in [-0.3, -0.25) is 4.90 Å². The van der Waals surface area contributed by atoms with Crippen LogP contribution in [-0.2, 0) is 27.8 Å². The Balaban J connectivity index is 1.38. The fourth-order valence-electron chi connectivity index (χ4n) is 5.20. The van der Waals surface area contributed by atoms with E-state index in [9.17, 15) is 18.0 Å². The van der Waals surface area contributed by atoms with Crippen molar-refractivity contribution in [3.8, 4) is 28.1 Å². The van der Waals surface area contributed by atoms with Crippen LogP contribution in [-0.4, -0.2) is 33.9 Å². The molecule has 3 aromatic carbocycles. The largest absolute Gasteiger partial charge is 0.488 e. The summed E-state index contributed by atoms with van der Waals surface area (Å²) in [5.74, 6) is -0.266. The van der Waals surface area contributed by atoms with Gasteiger partial charge in [-0.15, -0.1) is 11.3 Å². The van der Waals surface area contributed by atoms with Crippen LogP contribution in [0.1, 0.15) is 57.7 Å². The minimum absolute atomic E-state index is 0.0208. The van der Waals surface area contributed by atoms with E-state index in [0.717, 1.165) is 22.8 Å². The number of thiazole rings is 1. The third-order valence-electron chi connectivity index (χ3n) is 7.32. The molecule has 0 radical (unpaired) electrons. The van der Waals surface area contributed by atoms with Crippen molar-refractivity contribution in [2.75, 3.05) is 6.61 Å². The predicted octanol–water partition coefficient (Wildman–Crippen LogP) is 9.29. The average Bonchev–Trinajstić information content (AvgIpc) is 3.54. The SMILES string of the molecule is CC(C)(C)OC(=O)N1C(C)(C)OC[C@@]1(C)c1nc(-c2ccc(OCc3ccc(-c4ccccc4)cc3)c(C(F)(F)F)c2)cs1. The first-order chi connectivity index (χ1) is 20.6. The number of ether oxygens (including phenoxy) is 3. The summed E-state index contributed by atoms with van der Waals surface area (Å²) in [5.41, 5.74) is -0.141. The summed E-state index contributed by atoms with van der Waals surface area (Å²) < 4.78 is 59.9. The number of carbonyl (C=O) groups is 1. The Hall–Kier alpha value is -3.89. The lowest BCUT2D eigenvalue weighted by molar-refractivity contribution is -0.139. The van der Waals surface area contributed by atoms with E-state index in [4.69, 9.17) is 14.2 Å². The van der Waals surface area contributed by atoms with Gasteiger partial charge in [-0.2, -0.15) is 13.2 Å². The van der Waals surface area contributed by atoms with Crippen molar-refractivity contribution in [1.82, 2.24) is 9.88 Å². The Labute approximate surface area is 259 Å². The third-order valence-corrected chi connectivity index (χ3v) is 8.41. The maximum absolute atomic E-state index is 14.2. The van der Waals surface area contributed by atoms with Gasteiger partial charge in [-0.25, -0.2) is 9.78 Å². The van der Waals surface area contributed by atoms with Crippen molar-refractivity contribution in [3.63, 3.8) is 0 Å². The lowest BCUT2D eigenvalue weighted by Crippen LogP contribution is -2.54. The van der Waals surface area contributed by atoms with Crippen molar-refractivity contribution >= 4 is 17.4 Å². The first-order valence-electron chi connectivity index (χ1n) is 14.2.